The van der Waals surface area contributed by atoms with Crippen LogP contribution in [0, 0.1) is 0 Å². The molecule has 0 fully saturated rings. The molecule has 106 valence electrons. The molecule has 0 spiro atoms. The van der Waals surface area contributed by atoms with Gasteiger partial charge in [0.15, 0.2) is 0 Å². The summed E-state index contributed by atoms with van der Waals surface area (Å²) >= 11 is 0. The zero-order valence-electron chi connectivity index (χ0n) is 10.6. The van der Waals surface area contributed by atoms with Gasteiger partial charge in [0.05, 0.1) is 7.11 Å². The van der Waals surface area contributed by atoms with Crippen LogP contribution >= 0.6 is 0 Å². The summed E-state index contributed by atoms with van der Waals surface area (Å²) in [5.41, 5.74) is 7.33. The van der Waals surface area contributed by atoms with E-state index in [1.807, 2.05) is 0 Å². The number of hydrogen-bond donors (Lipinski definition) is 1. The monoisotopic (exact) mass is 283 g/mol. The lowest BCUT2D eigenvalue weighted by molar-refractivity contribution is -0.274. The SMILES string of the molecule is COc1cccc(-c2ccc(OC(F)(F)F)cc2N)c1. The Bertz CT molecular complexity index is 612. The molecule has 20 heavy (non-hydrogen) atoms. The molecule has 6 heteroatoms. The van der Waals surface area contributed by atoms with Crippen molar-refractivity contribution in [2.75, 3.05) is 12.8 Å². The summed E-state index contributed by atoms with van der Waals surface area (Å²) in [7, 11) is 1.53. The summed E-state index contributed by atoms with van der Waals surface area (Å²) in [6, 6.07) is 10.9. The van der Waals surface area contributed by atoms with E-state index in [4.69, 9.17) is 10.5 Å². The van der Waals surface area contributed by atoms with Crippen molar-refractivity contribution in [1.29, 1.82) is 0 Å². The number of methoxy groups -OCH3 is 1. The molecule has 2 N–H and O–H groups in total. The van der Waals surface area contributed by atoms with Crippen molar-refractivity contribution in [1.82, 2.24) is 0 Å². The van der Waals surface area contributed by atoms with Gasteiger partial charge in [-0.3, -0.25) is 0 Å². The summed E-state index contributed by atoms with van der Waals surface area (Å²) in [4.78, 5) is 0. The van der Waals surface area contributed by atoms with E-state index >= 15 is 0 Å². The van der Waals surface area contributed by atoms with Crippen molar-refractivity contribution >= 4 is 5.69 Å². The van der Waals surface area contributed by atoms with E-state index in [1.165, 1.54) is 19.2 Å². The number of anilines is 1. The predicted molar refractivity (Wildman–Crippen MR) is 69.5 cm³/mol. The maximum Gasteiger partial charge on any atom is 0.573 e. The average Bonchev–Trinajstić information content (AvgIpc) is 2.37. The Morgan fingerprint density at radius 1 is 1.00 bits per heavy atom. The molecule has 2 rings (SSSR count). The first-order chi connectivity index (χ1) is 9.39. The highest BCUT2D eigenvalue weighted by atomic mass is 19.4. The van der Waals surface area contributed by atoms with Crippen molar-refractivity contribution in [3.8, 4) is 22.6 Å². The Kier molecular flexibility index (Phi) is 3.74. The van der Waals surface area contributed by atoms with Crippen LogP contribution in [0.2, 0.25) is 0 Å². The second kappa shape index (κ2) is 5.32. The molecule has 0 aromatic heterocycles. The minimum atomic E-state index is -4.73. The first kappa shape index (κ1) is 14.0. The summed E-state index contributed by atoms with van der Waals surface area (Å²) in [5.74, 6) is 0.291. The standard InChI is InChI=1S/C14H12F3NO2/c1-19-10-4-2-3-9(7-10)12-6-5-11(8-13(12)18)20-14(15,16)17/h2-8H,18H2,1H3. The topological polar surface area (TPSA) is 44.5 Å². The van der Waals surface area contributed by atoms with Gasteiger partial charge in [0.25, 0.3) is 0 Å². The number of rotatable bonds is 3. The maximum absolute atomic E-state index is 12.1. The number of nitrogen functional groups attached to an aromatic ring is 1. The molecule has 0 saturated heterocycles. The van der Waals surface area contributed by atoms with Gasteiger partial charge < -0.3 is 15.2 Å². The van der Waals surface area contributed by atoms with Crippen LogP contribution in [0.1, 0.15) is 0 Å². The highest BCUT2D eigenvalue weighted by Gasteiger charge is 2.31. The quantitative estimate of drug-likeness (QED) is 0.870. The smallest absolute Gasteiger partial charge is 0.497 e. The van der Waals surface area contributed by atoms with Gasteiger partial charge in [-0.15, -0.1) is 13.2 Å². The van der Waals surface area contributed by atoms with Crippen LogP contribution in [0.4, 0.5) is 18.9 Å². The molecule has 2 aromatic carbocycles. The molecule has 0 aliphatic carbocycles. The zero-order chi connectivity index (χ0) is 14.8. The second-order valence-corrected chi connectivity index (χ2v) is 4.03. The van der Waals surface area contributed by atoms with E-state index in [0.29, 0.717) is 11.3 Å². The lowest BCUT2D eigenvalue weighted by Gasteiger charge is -2.12. The third-order valence-corrected chi connectivity index (χ3v) is 2.64. The highest BCUT2D eigenvalue weighted by Crippen LogP contribution is 2.33. The number of benzene rings is 2. The van der Waals surface area contributed by atoms with E-state index in [0.717, 1.165) is 11.6 Å². The van der Waals surface area contributed by atoms with E-state index in [-0.39, 0.29) is 11.4 Å². The van der Waals surface area contributed by atoms with Gasteiger partial charge in [0.1, 0.15) is 11.5 Å². The van der Waals surface area contributed by atoms with E-state index in [9.17, 15) is 13.2 Å². The van der Waals surface area contributed by atoms with Crippen LogP contribution in [0.3, 0.4) is 0 Å². The maximum atomic E-state index is 12.1. The molecule has 0 saturated carbocycles. The molecule has 0 bridgehead atoms. The fourth-order valence-electron chi connectivity index (χ4n) is 1.79. The number of hydrogen-bond acceptors (Lipinski definition) is 3. The van der Waals surface area contributed by atoms with Crippen LogP contribution in [0.25, 0.3) is 11.1 Å². The fraction of sp³-hybridized carbons (Fsp3) is 0.143. The molecule has 3 nitrogen and oxygen atoms in total. The third kappa shape index (κ3) is 3.34. The van der Waals surface area contributed by atoms with Crippen molar-refractivity contribution in [3.05, 3.63) is 42.5 Å². The molecule has 0 radical (unpaired) electrons. The van der Waals surface area contributed by atoms with Gasteiger partial charge >= 0.3 is 6.36 Å². The molecule has 0 aliphatic heterocycles. The predicted octanol–water partition coefficient (Wildman–Crippen LogP) is 3.84. The molecule has 0 amide bonds. The summed E-state index contributed by atoms with van der Waals surface area (Å²) < 4.78 is 45.3. The van der Waals surface area contributed by atoms with Crippen LogP contribution in [-0.2, 0) is 0 Å². The van der Waals surface area contributed by atoms with Crippen molar-refractivity contribution < 1.29 is 22.6 Å². The van der Waals surface area contributed by atoms with Crippen LogP contribution < -0.4 is 15.2 Å². The number of halogens is 3. The fourth-order valence-corrected chi connectivity index (χ4v) is 1.79. The zero-order valence-corrected chi connectivity index (χ0v) is 10.6. The van der Waals surface area contributed by atoms with Gasteiger partial charge in [0.2, 0.25) is 0 Å². The lowest BCUT2D eigenvalue weighted by atomic mass is 10.0. The third-order valence-electron chi connectivity index (χ3n) is 2.64. The van der Waals surface area contributed by atoms with E-state index in [1.54, 1.807) is 24.3 Å². The van der Waals surface area contributed by atoms with Crippen molar-refractivity contribution in [2.24, 2.45) is 0 Å². The minimum Gasteiger partial charge on any atom is -0.497 e. The molecule has 0 aliphatic rings. The van der Waals surface area contributed by atoms with Gasteiger partial charge in [-0.05, 0) is 29.8 Å². The summed E-state index contributed by atoms with van der Waals surface area (Å²) in [6.45, 7) is 0. The van der Waals surface area contributed by atoms with E-state index in [2.05, 4.69) is 4.74 Å². The highest BCUT2D eigenvalue weighted by molar-refractivity contribution is 5.78. The van der Waals surface area contributed by atoms with Gasteiger partial charge in [0, 0.05) is 17.3 Å². The molecule has 2 aromatic rings. The number of ether oxygens (including phenoxy) is 2. The van der Waals surface area contributed by atoms with Crippen molar-refractivity contribution in [2.45, 2.75) is 6.36 Å². The molecular weight excluding hydrogens is 271 g/mol. The second-order valence-electron chi connectivity index (χ2n) is 4.03. The van der Waals surface area contributed by atoms with Gasteiger partial charge in [-0.25, -0.2) is 0 Å². The molecule has 0 unspecified atom stereocenters. The van der Waals surface area contributed by atoms with Crippen LogP contribution in [0.5, 0.6) is 11.5 Å². The minimum absolute atomic E-state index is 0.194. The van der Waals surface area contributed by atoms with Crippen LogP contribution in [-0.4, -0.2) is 13.5 Å². The van der Waals surface area contributed by atoms with Gasteiger partial charge in [-0.2, -0.15) is 0 Å². The Morgan fingerprint density at radius 3 is 2.35 bits per heavy atom. The summed E-state index contributed by atoms with van der Waals surface area (Å²) in [5, 5.41) is 0. The normalized spacial score (nSPS) is 11.2. The Labute approximate surface area is 113 Å². The van der Waals surface area contributed by atoms with Crippen molar-refractivity contribution in [3.63, 3.8) is 0 Å². The summed E-state index contributed by atoms with van der Waals surface area (Å²) in [6.07, 6.45) is -4.73. The number of nitrogens with two attached hydrogens (primary N) is 1. The van der Waals surface area contributed by atoms with Gasteiger partial charge in [-0.1, -0.05) is 12.1 Å². The first-order valence-corrected chi connectivity index (χ1v) is 5.69. The first-order valence-electron chi connectivity index (χ1n) is 5.69. The average molecular weight is 283 g/mol. The largest absolute Gasteiger partial charge is 0.573 e. The molecule has 0 atom stereocenters. The molecular formula is C14H12F3NO2. The lowest BCUT2D eigenvalue weighted by Crippen LogP contribution is -2.17. The van der Waals surface area contributed by atoms with E-state index < -0.39 is 6.36 Å². The Hall–Kier alpha value is -2.37. The number of alkyl halides is 3. The van der Waals surface area contributed by atoms with Crippen LogP contribution in [0.15, 0.2) is 42.5 Å². The Balaban J connectivity index is 2.34. The Morgan fingerprint density at radius 2 is 1.75 bits per heavy atom. The molecule has 0 heterocycles.